The average Bonchev–Trinajstić information content (AvgIpc) is 2.91. The number of rotatable bonds is 5. The Morgan fingerprint density at radius 1 is 1.30 bits per heavy atom. The molecule has 1 aliphatic rings. The largest absolute Gasteiger partial charge is 0.480 e. The van der Waals surface area contributed by atoms with Crippen LogP contribution in [0.3, 0.4) is 0 Å². The predicted octanol–water partition coefficient (Wildman–Crippen LogP) is 3.58. The van der Waals surface area contributed by atoms with Crippen LogP contribution in [0.5, 0.6) is 5.88 Å². The van der Waals surface area contributed by atoms with Gasteiger partial charge in [-0.25, -0.2) is 9.99 Å². The molecule has 1 aromatic heterocycles. The Labute approximate surface area is 153 Å². The molecule has 0 fully saturated rings. The van der Waals surface area contributed by atoms with E-state index in [2.05, 4.69) is 9.72 Å². The van der Waals surface area contributed by atoms with E-state index in [9.17, 15) is 23.1 Å². The Morgan fingerprint density at radius 2 is 2.00 bits per heavy atom. The van der Waals surface area contributed by atoms with Crippen LogP contribution in [-0.4, -0.2) is 40.9 Å². The predicted molar refractivity (Wildman–Crippen MR) is 91.3 cm³/mol. The van der Waals surface area contributed by atoms with Gasteiger partial charge in [-0.05, 0) is 18.6 Å². The van der Waals surface area contributed by atoms with E-state index in [0.29, 0.717) is 11.1 Å². The maximum Gasteiger partial charge on any atom is 0.422 e. The fraction of sp³-hybridized carbons (Fsp3) is 0.333. The minimum atomic E-state index is -4.43. The lowest BCUT2D eigenvalue weighted by Gasteiger charge is -2.34. The first-order valence-electron chi connectivity index (χ1n) is 8.18. The highest BCUT2D eigenvalue weighted by molar-refractivity contribution is 5.81. The van der Waals surface area contributed by atoms with Crippen LogP contribution in [0, 0.1) is 0 Å². The number of ether oxygens (including phenoxy) is 1. The zero-order chi connectivity index (χ0) is 19.8. The number of halogens is 3. The molecule has 1 aliphatic heterocycles. The second kappa shape index (κ2) is 7.07. The van der Waals surface area contributed by atoms with Gasteiger partial charge in [-0.3, -0.25) is 9.80 Å². The number of nitrogens with zero attached hydrogens (tertiary/aromatic N) is 3. The summed E-state index contributed by atoms with van der Waals surface area (Å²) < 4.78 is 41.3. The smallest absolute Gasteiger partial charge is 0.422 e. The number of likely N-dealkylation sites (N-methyl/N-ethyl adjacent to an activating group) is 1. The molecule has 0 amide bonds. The summed E-state index contributed by atoms with van der Waals surface area (Å²) in [5.41, 5.74) is 2.15. The second-order valence-electron chi connectivity index (χ2n) is 6.23. The van der Waals surface area contributed by atoms with Crippen molar-refractivity contribution in [1.29, 1.82) is 0 Å². The lowest BCUT2D eigenvalue weighted by Crippen LogP contribution is -2.40. The van der Waals surface area contributed by atoms with Gasteiger partial charge in [0.25, 0.3) is 0 Å². The van der Waals surface area contributed by atoms with E-state index in [1.54, 1.807) is 30.3 Å². The summed E-state index contributed by atoms with van der Waals surface area (Å²) in [6.07, 6.45) is -3.00. The van der Waals surface area contributed by atoms with E-state index in [-0.39, 0.29) is 11.9 Å². The molecule has 2 atom stereocenters. The number of aliphatic carboxylic acids is 1. The van der Waals surface area contributed by atoms with Crippen molar-refractivity contribution in [3.8, 4) is 5.88 Å². The molecule has 2 heterocycles. The number of aromatic nitrogens is 1. The molecule has 2 aromatic rings. The molecule has 1 aromatic carbocycles. The van der Waals surface area contributed by atoms with Crippen LogP contribution in [0.4, 0.5) is 18.9 Å². The third-order valence-electron chi connectivity index (χ3n) is 4.42. The summed E-state index contributed by atoms with van der Waals surface area (Å²) in [5, 5.41) is 13.0. The van der Waals surface area contributed by atoms with Crippen LogP contribution in [0.2, 0.25) is 0 Å². The number of hydrogen-bond acceptors (Lipinski definition) is 5. The van der Waals surface area contributed by atoms with Gasteiger partial charge in [0.15, 0.2) is 12.6 Å². The molecule has 0 aliphatic carbocycles. The van der Waals surface area contributed by atoms with E-state index in [0.717, 1.165) is 5.69 Å². The maximum atomic E-state index is 12.2. The molecule has 0 saturated heterocycles. The van der Waals surface area contributed by atoms with Crippen molar-refractivity contribution in [2.75, 3.05) is 18.7 Å². The van der Waals surface area contributed by atoms with Crippen molar-refractivity contribution in [3.63, 3.8) is 0 Å². The van der Waals surface area contributed by atoms with Gasteiger partial charge in [-0.15, -0.1) is 0 Å². The molecular weight excluding hydrogens is 363 g/mol. The number of hydrazine groups is 1. The Kier molecular flexibility index (Phi) is 4.97. The molecule has 1 N–H and O–H groups in total. The number of alkyl halides is 3. The first-order valence-corrected chi connectivity index (χ1v) is 8.18. The number of anilines is 1. The quantitative estimate of drug-likeness (QED) is 0.854. The number of benzene rings is 1. The van der Waals surface area contributed by atoms with Gasteiger partial charge in [0.05, 0.1) is 11.7 Å². The van der Waals surface area contributed by atoms with Crippen LogP contribution < -0.4 is 9.75 Å². The van der Waals surface area contributed by atoms with Crippen molar-refractivity contribution >= 4 is 11.7 Å². The molecular formula is C18H18F3N3O3. The van der Waals surface area contributed by atoms with Gasteiger partial charge in [0, 0.05) is 24.9 Å². The summed E-state index contributed by atoms with van der Waals surface area (Å²) >= 11 is 0. The van der Waals surface area contributed by atoms with E-state index < -0.39 is 24.8 Å². The van der Waals surface area contributed by atoms with E-state index in [1.165, 1.54) is 12.3 Å². The molecule has 2 unspecified atom stereocenters. The van der Waals surface area contributed by atoms with Gasteiger partial charge in [-0.1, -0.05) is 24.3 Å². The fourth-order valence-corrected chi connectivity index (χ4v) is 3.22. The minimum absolute atomic E-state index is 0.123. The average molecular weight is 381 g/mol. The molecule has 0 spiro atoms. The highest BCUT2D eigenvalue weighted by atomic mass is 19.4. The number of carboxylic acid groups (broad SMARTS) is 1. The van der Waals surface area contributed by atoms with Crippen molar-refractivity contribution in [2.24, 2.45) is 0 Å². The standard InChI is InChI=1S/C18H18F3N3O3/c1-11(12-7-8-15(22-9-12)27-10-18(19,20)21)24-14-6-4-3-5-13(14)16(17(25)26)23(24)2/h3-9,11,16H,10H2,1-2H3,(H,25,26). The van der Waals surface area contributed by atoms with Crippen LogP contribution >= 0.6 is 0 Å². The first-order chi connectivity index (χ1) is 12.7. The number of fused-ring (bicyclic) bond motifs is 1. The number of pyridine rings is 1. The number of carboxylic acids is 1. The third-order valence-corrected chi connectivity index (χ3v) is 4.42. The summed E-state index contributed by atoms with van der Waals surface area (Å²) in [6.45, 7) is 0.461. The molecule has 0 bridgehead atoms. The lowest BCUT2D eigenvalue weighted by molar-refractivity contribution is -0.154. The lowest BCUT2D eigenvalue weighted by atomic mass is 10.1. The monoisotopic (exact) mass is 381 g/mol. The van der Waals surface area contributed by atoms with Crippen molar-refractivity contribution in [2.45, 2.75) is 25.2 Å². The fourth-order valence-electron chi connectivity index (χ4n) is 3.22. The molecule has 144 valence electrons. The zero-order valence-electron chi connectivity index (χ0n) is 14.6. The Morgan fingerprint density at radius 3 is 2.59 bits per heavy atom. The van der Waals surface area contributed by atoms with Gasteiger partial charge in [0.2, 0.25) is 5.88 Å². The van der Waals surface area contributed by atoms with Crippen LogP contribution in [0.25, 0.3) is 0 Å². The van der Waals surface area contributed by atoms with Crippen LogP contribution in [0.1, 0.15) is 30.1 Å². The highest BCUT2D eigenvalue weighted by Crippen LogP contribution is 2.43. The van der Waals surface area contributed by atoms with E-state index in [4.69, 9.17) is 0 Å². The van der Waals surface area contributed by atoms with E-state index >= 15 is 0 Å². The van der Waals surface area contributed by atoms with Crippen molar-refractivity contribution in [3.05, 3.63) is 53.7 Å². The summed E-state index contributed by atoms with van der Waals surface area (Å²) in [7, 11) is 1.68. The molecule has 3 rings (SSSR count). The number of hydrogen-bond donors (Lipinski definition) is 1. The van der Waals surface area contributed by atoms with Crippen LogP contribution in [-0.2, 0) is 4.79 Å². The summed E-state index contributed by atoms with van der Waals surface area (Å²) in [4.78, 5) is 15.6. The Bertz CT molecular complexity index is 827. The first kappa shape index (κ1) is 19.0. The van der Waals surface area contributed by atoms with Crippen molar-refractivity contribution < 1.29 is 27.8 Å². The Hall–Kier alpha value is -2.81. The summed E-state index contributed by atoms with van der Waals surface area (Å²) in [6, 6.07) is 9.09. The molecule has 9 heteroatoms. The highest BCUT2D eigenvalue weighted by Gasteiger charge is 2.40. The van der Waals surface area contributed by atoms with Gasteiger partial charge in [0.1, 0.15) is 0 Å². The normalized spacial score (nSPS) is 18.3. The number of carbonyl (C=O) groups is 1. The molecule has 0 radical (unpaired) electrons. The topological polar surface area (TPSA) is 65.9 Å². The number of para-hydroxylation sites is 1. The zero-order valence-corrected chi connectivity index (χ0v) is 14.6. The van der Waals surface area contributed by atoms with E-state index in [1.807, 2.05) is 24.1 Å². The van der Waals surface area contributed by atoms with Crippen LogP contribution in [0.15, 0.2) is 42.6 Å². The summed E-state index contributed by atoms with van der Waals surface area (Å²) in [5.74, 6) is -1.09. The molecule has 6 nitrogen and oxygen atoms in total. The third kappa shape index (κ3) is 3.82. The molecule has 27 heavy (non-hydrogen) atoms. The second-order valence-corrected chi connectivity index (χ2v) is 6.23. The maximum absolute atomic E-state index is 12.2. The van der Waals surface area contributed by atoms with Gasteiger partial charge >= 0.3 is 12.1 Å². The van der Waals surface area contributed by atoms with Gasteiger partial charge in [-0.2, -0.15) is 13.2 Å². The van der Waals surface area contributed by atoms with Gasteiger partial charge < -0.3 is 9.84 Å². The SMILES string of the molecule is CC(c1ccc(OCC(F)(F)F)nc1)N1c2ccccc2C(C(=O)O)N1C. The minimum Gasteiger partial charge on any atom is -0.480 e. The Balaban J connectivity index is 1.83. The van der Waals surface area contributed by atoms with Crippen molar-refractivity contribution in [1.82, 2.24) is 9.99 Å². The molecule has 0 saturated carbocycles.